The number of hydrogen-bond acceptors (Lipinski definition) is 4. The Morgan fingerprint density at radius 1 is 1.17 bits per heavy atom. The fraction of sp³-hybridized carbons (Fsp3) is 0.176. The van der Waals surface area contributed by atoms with Crippen LogP contribution >= 0.6 is 0 Å². The van der Waals surface area contributed by atoms with Gasteiger partial charge in [0.1, 0.15) is 11.5 Å². The van der Waals surface area contributed by atoms with Gasteiger partial charge in [-0.3, -0.25) is 9.59 Å². The largest absolute Gasteiger partial charge is 0.497 e. The van der Waals surface area contributed by atoms with Gasteiger partial charge in [-0.15, -0.1) is 0 Å². The van der Waals surface area contributed by atoms with Gasteiger partial charge in [-0.2, -0.15) is 0 Å². The molecule has 3 rings (SSSR count). The maximum absolute atomic E-state index is 12.8. The first-order valence-electron chi connectivity index (χ1n) is 7.11. The molecule has 0 spiro atoms. The lowest BCUT2D eigenvalue weighted by Gasteiger charge is -2.33. The first kappa shape index (κ1) is 14.9. The van der Waals surface area contributed by atoms with Gasteiger partial charge in [0, 0.05) is 5.56 Å². The lowest BCUT2D eigenvalue weighted by molar-refractivity contribution is -0.124. The number of fused-ring (bicyclic) bond motifs is 1. The molecule has 6 heteroatoms. The molecular weight excluding hydrogens is 296 g/mol. The van der Waals surface area contributed by atoms with Crippen molar-refractivity contribution in [2.45, 2.75) is 6.10 Å². The summed E-state index contributed by atoms with van der Waals surface area (Å²) in [5.41, 5.74) is 6.45. The first-order chi connectivity index (χ1) is 11.1. The molecule has 1 aliphatic rings. The highest BCUT2D eigenvalue weighted by Gasteiger charge is 2.32. The van der Waals surface area contributed by atoms with Crippen LogP contribution in [0, 0.1) is 0 Å². The number of carbonyl (C=O) groups is 2. The molecule has 1 unspecified atom stereocenters. The number of primary amides is 1. The van der Waals surface area contributed by atoms with E-state index in [1.165, 1.54) is 4.90 Å². The predicted octanol–water partition coefficient (Wildman–Crippen LogP) is 1.59. The molecule has 0 fully saturated rings. The summed E-state index contributed by atoms with van der Waals surface area (Å²) in [6.07, 6.45) is -0.868. The normalized spacial score (nSPS) is 16.2. The number of carbonyl (C=O) groups excluding carboxylic acids is 2. The number of amides is 2. The van der Waals surface area contributed by atoms with Crippen LogP contribution in [-0.2, 0) is 4.79 Å². The van der Waals surface area contributed by atoms with Crippen molar-refractivity contribution < 1.29 is 19.1 Å². The van der Waals surface area contributed by atoms with Crippen molar-refractivity contribution in [2.75, 3.05) is 18.6 Å². The predicted molar refractivity (Wildman–Crippen MR) is 84.7 cm³/mol. The van der Waals surface area contributed by atoms with Crippen molar-refractivity contribution in [1.29, 1.82) is 0 Å². The van der Waals surface area contributed by atoms with Gasteiger partial charge in [-0.05, 0) is 36.4 Å². The Balaban J connectivity index is 1.96. The number of nitrogens with two attached hydrogens (primary N) is 1. The Bertz CT molecular complexity index is 743. The third kappa shape index (κ3) is 2.83. The number of anilines is 1. The van der Waals surface area contributed by atoms with E-state index in [4.69, 9.17) is 15.2 Å². The molecule has 0 aliphatic carbocycles. The van der Waals surface area contributed by atoms with E-state index in [-0.39, 0.29) is 12.5 Å². The molecule has 118 valence electrons. The zero-order valence-electron chi connectivity index (χ0n) is 12.6. The average Bonchev–Trinajstić information content (AvgIpc) is 2.60. The molecule has 23 heavy (non-hydrogen) atoms. The molecule has 0 aromatic heterocycles. The average molecular weight is 312 g/mol. The fourth-order valence-corrected chi connectivity index (χ4v) is 2.46. The molecule has 6 nitrogen and oxygen atoms in total. The smallest absolute Gasteiger partial charge is 0.260 e. The van der Waals surface area contributed by atoms with Gasteiger partial charge in [0.15, 0.2) is 6.10 Å². The molecule has 0 saturated heterocycles. The SMILES string of the molecule is COc1ccc(C(=O)N2CC(C(N)=O)Oc3ccccc32)cc1. The number of hydrogen-bond donors (Lipinski definition) is 1. The lowest BCUT2D eigenvalue weighted by atomic mass is 10.1. The van der Waals surface area contributed by atoms with Crippen molar-refractivity contribution in [3.8, 4) is 11.5 Å². The zero-order valence-corrected chi connectivity index (χ0v) is 12.6. The molecule has 0 bridgehead atoms. The summed E-state index contributed by atoms with van der Waals surface area (Å²) >= 11 is 0. The Morgan fingerprint density at radius 3 is 2.52 bits per heavy atom. The minimum Gasteiger partial charge on any atom is -0.497 e. The lowest BCUT2D eigenvalue weighted by Crippen LogP contribution is -2.49. The van der Waals surface area contributed by atoms with Crippen LogP contribution in [0.3, 0.4) is 0 Å². The molecular formula is C17H16N2O4. The van der Waals surface area contributed by atoms with Gasteiger partial charge in [0.05, 0.1) is 19.3 Å². The van der Waals surface area contributed by atoms with E-state index in [2.05, 4.69) is 0 Å². The van der Waals surface area contributed by atoms with Gasteiger partial charge in [0.2, 0.25) is 0 Å². The standard InChI is InChI=1S/C17H16N2O4/c1-22-12-8-6-11(7-9-12)17(21)19-10-15(16(18)20)23-14-5-3-2-4-13(14)19/h2-9,15H,10H2,1H3,(H2,18,20). The summed E-state index contributed by atoms with van der Waals surface area (Å²) in [7, 11) is 1.56. The van der Waals surface area contributed by atoms with Crippen molar-refractivity contribution >= 4 is 17.5 Å². The maximum Gasteiger partial charge on any atom is 0.260 e. The van der Waals surface area contributed by atoms with Crippen LogP contribution in [0.5, 0.6) is 11.5 Å². The minimum absolute atomic E-state index is 0.0806. The highest BCUT2D eigenvalue weighted by Crippen LogP contribution is 2.34. The number of nitrogens with zero attached hydrogens (tertiary/aromatic N) is 1. The number of benzene rings is 2. The van der Waals surface area contributed by atoms with Gasteiger partial charge in [-0.1, -0.05) is 12.1 Å². The molecule has 1 heterocycles. The molecule has 1 atom stereocenters. The molecule has 1 aliphatic heterocycles. The number of para-hydroxylation sites is 2. The van der Waals surface area contributed by atoms with E-state index in [0.717, 1.165) is 0 Å². The Morgan fingerprint density at radius 2 is 1.87 bits per heavy atom. The second-order valence-electron chi connectivity index (χ2n) is 5.12. The van der Waals surface area contributed by atoms with Crippen molar-refractivity contribution in [1.82, 2.24) is 0 Å². The molecule has 0 saturated carbocycles. The van der Waals surface area contributed by atoms with Crippen LogP contribution in [0.15, 0.2) is 48.5 Å². The Labute approximate surface area is 133 Å². The van der Waals surface area contributed by atoms with Crippen LogP contribution in [-0.4, -0.2) is 31.6 Å². The zero-order chi connectivity index (χ0) is 16.4. The summed E-state index contributed by atoms with van der Waals surface area (Å²) in [5, 5.41) is 0. The van der Waals surface area contributed by atoms with E-state index in [1.807, 2.05) is 0 Å². The topological polar surface area (TPSA) is 81.9 Å². The first-order valence-corrected chi connectivity index (χ1v) is 7.11. The van der Waals surface area contributed by atoms with E-state index in [9.17, 15) is 9.59 Å². The van der Waals surface area contributed by atoms with Crippen LogP contribution in [0.25, 0.3) is 0 Å². The molecule has 2 N–H and O–H groups in total. The monoisotopic (exact) mass is 312 g/mol. The number of methoxy groups -OCH3 is 1. The summed E-state index contributed by atoms with van der Waals surface area (Å²) in [6.45, 7) is 0.0806. The number of rotatable bonds is 3. The quantitative estimate of drug-likeness (QED) is 0.933. The second-order valence-corrected chi connectivity index (χ2v) is 5.12. The Kier molecular flexibility index (Phi) is 3.89. The summed E-state index contributed by atoms with van der Waals surface area (Å²) < 4.78 is 10.7. The van der Waals surface area contributed by atoms with Crippen molar-refractivity contribution in [3.05, 3.63) is 54.1 Å². The fourth-order valence-electron chi connectivity index (χ4n) is 2.46. The van der Waals surface area contributed by atoms with Crippen molar-refractivity contribution in [3.63, 3.8) is 0 Å². The van der Waals surface area contributed by atoms with Crippen LogP contribution < -0.4 is 20.1 Å². The molecule has 2 aromatic carbocycles. The van der Waals surface area contributed by atoms with Gasteiger partial charge in [-0.25, -0.2) is 0 Å². The molecule has 0 radical (unpaired) electrons. The van der Waals surface area contributed by atoms with E-state index >= 15 is 0 Å². The van der Waals surface area contributed by atoms with Gasteiger partial charge >= 0.3 is 0 Å². The summed E-state index contributed by atoms with van der Waals surface area (Å²) in [5.74, 6) is 0.296. The van der Waals surface area contributed by atoms with Gasteiger partial charge in [0.25, 0.3) is 11.8 Å². The van der Waals surface area contributed by atoms with Crippen LogP contribution in [0.4, 0.5) is 5.69 Å². The third-order valence-corrected chi connectivity index (χ3v) is 3.67. The second kappa shape index (κ2) is 6.00. The summed E-state index contributed by atoms with van der Waals surface area (Å²) in [4.78, 5) is 25.8. The highest BCUT2D eigenvalue weighted by atomic mass is 16.5. The highest BCUT2D eigenvalue weighted by molar-refractivity contribution is 6.07. The third-order valence-electron chi connectivity index (χ3n) is 3.67. The van der Waals surface area contributed by atoms with Crippen molar-refractivity contribution in [2.24, 2.45) is 5.73 Å². The minimum atomic E-state index is -0.868. The number of ether oxygens (including phenoxy) is 2. The van der Waals surface area contributed by atoms with Crippen LogP contribution in [0.1, 0.15) is 10.4 Å². The van der Waals surface area contributed by atoms with E-state index < -0.39 is 12.0 Å². The molecule has 2 aromatic rings. The van der Waals surface area contributed by atoms with E-state index in [0.29, 0.717) is 22.7 Å². The molecule has 2 amide bonds. The van der Waals surface area contributed by atoms with E-state index in [1.54, 1.807) is 55.6 Å². The maximum atomic E-state index is 12.8. The van der Waals surface area contributed by atoms with Crippen LogP contribution in [0.2, 0.25) is 0 Å². The Hall–Kier alpha value is -3.02. The van der Waals surface area contributed by atoms with Gasteiger partial charge < -0.3 is 20.1 Å². The summed E-state index contributed by atoms with van der Waals surface area (Å²) in [6, 6.07) is 13.8.